The fourth-order valence-electron chi connectivity index (χ4n) is 15.6. The maximum Gasteiger partial charge on any atom is 0.253 e. The Kier molecular flexibility index (Phi) is 7.11. The zero-order chi connectivity index (χ0) is 44.0. The second kappa shape index (κ2) is 13.1. The van der Waals surface area contributed by atoms with E-state index in [9.17, 15) is 0 Å². The molecule has 0 bridgehead atoms. The van der Waals surface area contributed by atoms with Gasteiger partial charge >= 0.3 is 0 Å². The molecule has 2 nitrogen and oxygen atoms in total. The number of fused-ring (bicyclic) bond motifs is 13. The first-order valence-corrected chi connectivity index (χ1v) is 27.5. The lowest BCUT2D eigenvalue weighted by molar-refractivity contribution is 0.724. The van der Waals surface area contributed by atoms with E-state index in [1.807, 2.05) is 0 Å². The lowest BCUT2D eigenvalue weighted by Gasteiger charge is -2.43. The fraction of sp³-hybridized carbons (Fsp3) is 0.156. The second-order valence-electron chi connectivity index (χ2n) is 21.1. The van der Waals surface area contributed by atoms with Crippen molar-refractivity contribution >= 4 is 95.4 Å². The Morgan fingerprint density at radius 2 is 1.03 bits per heavy atom. The van der Waals surface area contributed by atoms with E-state index >= 15 is 0 Å². The van der Waals surface area contributed by atoms with Gasteiger partial charge in [0.15, 0.2) is 8.07 Å². The van der Waals surface area contributed by atoms with Crippen LogP contribution >= 0.6 is 0 Å². The average Bonchev–Trinajstić information content (AvgIpc) is 4.27. The predicted octanol–water partition coefficient (Wildman–Crippen LogP) is 11.3. The van der Waals surface area contributed by atoms with Crippen LogP contribution in [0.15, 0.2) is 176 Å². The zero-order valence-electron chi connectivity index (χ0n) is 38.0. The van der Waals surface area contributed by atoms with Gasteiger partial charge in [-0.15, -0.1) is 0 Å². The molecule has 0 unspecified atom stereocenters. The van der Waals surface area contributed by atoms with Gasteiger partial charge in [-0.05, 0) is 143 Å². The van der Waals surface area contributed by atoms with Gasteiger partial charge in [-0.2, -0.15) is 0 Å². The van der Waals surface area contributed by atoms with E-state index in [-0.39, 0.29) is 6.71 Å². The molecule has 1 spiro atoms. The van der Waals surface area contributed by atoms with E-state index in [1.54, 1.807) is 31.9 Å². The second-order valence-corrected chi connectivity index (χ2v) is 24.8. The minimum absolute atomic E-state index is 0.0534. The number of aromatic nitrogens is 2. The van der Waals surface area contributed by atoms with Gasteiger partial charge < -0.3 is 9.13 Å². The quantitative estimate of drug-likeness (QED) is 0.156. The van der Waals surface area contributed by atoms with Crippen molar-refractivity contribution in [3.8, 4) is 44.9 Å². The standard InChI is InChI=1S/C64H47BN2Si/c1-3-21-40(22-4-1)57-50-33-42-25-11-12-26-45(42)58-63(50)66(60(57)41-23-5-2-6-24-41)52-31-32-55-64-59(52)65(58)51-36-43(38-17-7-8-18-38)34-48-49-35-44(39-19-9-10-20-39)37-56(62(49)67(64)61(48)51)68(55)53-29-15-13-27-46(53)47-28-14-16-30-54(47)68/h1-6,11-16,21-39H,7-10,17-20H2. The SMILES string of the molecule is c1ccc(-c2c(-c3ccccc3)n3c4c(c5ccccc5cc24)B2c4c-3ccc3c4-n4c5c2cc(C2CCCC2)cc5c2cc(C5CCCC5)cc(c24)[Si]32c3ccccc3-c3ccccc32)cc1. The van der Waals surface area contributed by atoms with Gasteiger partial charge in [0.05, 0.1) is 16.7 Å². The van der Waals surface area contributed by atoms with Crippen LogP contribution in [0.2, 0.25) is 0 Å². The number of rotatable bonds is 4. The van der Waals surface area contributed by atoms with Crippen molar-refractivity contribution in [3.05, 3.63) is 187 Å². The lowest BCUT2D eigenvalue weighted by atomic mass is 9.33. The number of nitrogens with zero attached hydrogens (tertiary/aromatic N) is 2. The van der Waals surface area contributed by atoms with E-state index in [1.165, 1.54) is 156 Å². The molecule has 2 aromatic heterocycles. The van der Waals surface area contributed by atoms with Gasteiger partial charge in [0.1, 0.15) is 0 Å². The van der Waals surface area contributed by atoms with Gasteiger partial charge in [0.2, 0.25) is 0 Å². The largest absolute Gasteiger partial charge is 0.310 e. The molecule has 2 fully saturated rings. The number of hydrogen-bond donors (Lipinski definition) is 0. The summed E-state index contributed by atoms with van der Waals surface area (Å²) in [5, 5.41) is 13.3. The molecule has 9 aromatic carbocycles. The van der Waals surface area contributed by atoms with Crippen LogP contribution in [-0.2, 0) is 0 Å². The summed E-state index contributed by atoms with van der Waals surface area (Å²) >= 11 is 0. The van der Waals surface area contributed by atoms with Crippen molar-refractivity contribution in [2.75, 3.05) is 0 Å². The Bertz CT molecular complexity index is 4010. The molecule has 6 aliphatic rings. The molecule has 6 heterocycles. The molecule has 0 atom stereocenters. The summed E-state index contributed by atoms with van der Waals surface area (Å²) in [5.74, 6) is 1.20. The molecule has 17 rings (SSSR count). The molecule has 2 aliphatic carbocycles. The van der Waals surface area contributed by atoms with Crippen molar-refractivity contribution in [3.63, 3.8) is 0 Å². The molecule has 0 N–H and O–H groups in total. The van der Waals surface area contributed by atoms with E-state index in [4.69, 9.17) is 0 Å². The van der Waals surface area contributed by atoms with Gasteiger partial charge in [-0.25, -0.2) is 0 Å². The van der Waals surface area contributed by atoms with Crippen molar-refractivity contribution in [1.82, 2.24) is 9.13 Å². The maximum atomic E-state index is 2.87. The summed E-state index contributed by atoms with van der Waals surface area (Å²) in [5.41, 5.74) is 22.7. The number of benzene rings is 9. The van der Waals surface area contributed by atoms with E-state index in [0.717, 1.165) is 0 Å². The molecule has 4 aliphatic heterocycles. The van der Waals surface area contributed by atoms with E-state index < -0.39 is 8.07 Å². The molecule has 11 aromatic rings. The number of hydrogen-bond acceptors (Lipinski definition) is 0. The Labute approximate surface area is 397 Å². The molecule has 320 valence electrons. The summed E-state index contributed by atoms with van der Waals surface area (Å²) in [6.07, 6.45) is 10.5. The van der Waals surface area contributed by atoms with Crippen molar-refractivity contribution in [2.24, 2.45) is 0 Å². The van der Waals surface area contributed by atoms with Gasteiger partial charge in [-0.3, -0.25) is 0 Å². The van der Waals surface area contributed by atoms with Crippen LogP contribution in [0.4, 0.5) is 0 Å². The van der Waals surface area contributed by atoms with Gasteiger partial charge in [0, 0.05) is 38.6 Å². The molecule has 0 saturated heterocycles. The highest BCUT2D eigenvalue weighted by Gasteiger charge is 2.56. The van der Waals surface area contributed by atoms with Crippen LogP contribution in [0.3, 0.4) is 0 Å². The Hall–Kier alpha value is -7.14. The van der Waals surface area contributed by atoms with Crippen LogP contribution in [0.1, 0.15) is 74.3 Å². The molecule has 4 heteroatoms. The third-order valence-electron chi connectivity index (χ3n) is 18.1. The van der Waals surface area contributed by atoms with Crippen molar-refractivity contribution in [2.45, 2.75) is 63.2 Å². The summed E-state index contributed by atoms with van der Waals surface area (Å²) in [6.45, 7) is 0.0534. The minimum atomic E-state index is -2.92. The monoisotopic (exact) mass is 882 g/mol. The van der Waals surface area contributed by atoms with Gasteiger partial charge in [0.25, 0.3) is 6.71 Å². The molecule has 0 radical (unpaired) electrons. The van der Waals surface area contributed by atoms with Gasteiger partial charge in [-0.1, -0.05) is 177 Å². The van der Waals surface area contributed by atoms with E-state index in [2.05, 4.69) is 185 Å². The lowest BCUT2D eigenvalue weighted by Crippen LogP contribution is -2.77. The highest BCUT2D eigenvalue weighted by atomic mass is 28.3. The highest BCUT2D eigenvalue weighted by Crippen LogP contribution is 2.49. The highest BCUT2D eigenvalue weighted by molar-refractivity contribution is 7.24. The van der Waals surface area contributed by atoms with Crippen LogP contribution < -0.4 is 37.1 Å². The molecular weight excluding hydrogens is 836 g/mol. The molecule has 68 heavy (non-hydrogen) atoms. The van der Waals surface area contributed by atoms with Crippen LogP contribution in [0, 0.1) is 0 Å². The predicted molar refractivity (Wildman–Crippen MR) is 289 cm³/mol. The smallest absolute Gasteiger partial charge is 0.253 e. The fourth-order valence-corrected chi connectivity index (χ4v) is 21.1. The molecule has 2 saturated carbocycles. The zero-order valence-corrected chi connectivity index (χ0v) is 39.0. The first-order chi connectivity index (χ1) is 33.8. The third kappa shape index (κ3) is 4.35. The minimum Gasteiger partial charge on any atom is -0.310 e. The normalized spacial score (nSPS) is 16.9. The first kappa shape index (κ1) is 36.9. The Morgan fingerprint density at radius 3 is 1.74 bits per heavy atom. The van der Waals surface area contributed by atoms with Crippen molar-refractivity contribution < 1.29 is 0 Å². The maximum absolute atomic E-state index is 2.92. The average molecular weight is 883 g/mol. The summed E-state index contributed by atoms with van der Waals surface area (Å²) < 4.78 is 5.61. The van der Waals surface area contributed by atoms with Crippen LogP contribution in [0.25, 0.3) is 88.4 Å². The third-order valence-corrected chi connectivity index (χ3v) is 23.0. The van der Waals surface area contributed by atoms with Crippen molar-refractivity contribution in [1.29, 1.82) is 0 Å². The van der Waals surface area contributed by atoms with E-state index in [0.29, 0.717) is 11.8 Å². The Balaban J connectivity index is 1.14. The summed E-state index contributed by atoms with van der Waals surface area (Å²) in [6, 6.07) is 69.9. The first-order valence-electron chi connectivity index (χ1n) is 25.5. The molecular formula is C64H47BN2Si. The topological polar surface area (TPSA) is 9.86 Å². The Morgan fingerprint density at radius 1 is 0.426 bits per heavy atom. The van der Waals surface area contributed by atoms with Crippen LogP contribution in [0.5, 0.6) is 0 Å². The van der Waals surface area contributed by atoms with Crippen LogP contribution in [-0.4, -0.2) is 23.9 Å². The molecule has 0 amide bonds. The summed E-state index contributed by atoms with van der Waals surface area (Å²) in [7, 11) is -2.92. The summed E-state index contributed by atoms with van der Waals surface area (Å²) in [4.78, 5) is 0.